The number of aromatic amines is 1. The quantitative estimate of drug-likeness (QED) is 0.761. The molecule has 5 heteroatoms. The van der Waals surface area contributed by atoms with Gasteiger partial charge in [-0.05, 0) is 31.5 Å². The van der Waals surface area contributed by atoms with Crippen LogP contribution in [0.15, 0.2) is 57.9 Å². The molecule has 0 aliphatic carbocycles. The zero-order valence-electron chi connectivity index (χ0n) is 12.8. The van der Waals surface area contributed by atoms with Crippen molar-refractivity contribution in [2.75, 3.05) is 0 Å². The minimum atomic E-state index is -0.280. The largest absolute Gasteiger partial charge is 0.469 e. The molecule has 0 radical (unpaired) electrons. The molecule has 118 valence electrons. The molecule has 2 aromatic heterocycles. The SMILES string of the molecule is CC(CCc1ccco1)NC(=O)c1cc(=O)[nH]c2ccccc12. The number of nitrogens with one attached hydrogen (secondary N) is 2. The second kappa shape index (κ2) is 6.52. The Labute approximate surface area is 133 Å². The second-order valence-electron chi connectivity index (χ2n) is 5.59. The molecule has 1 aromatic carbocycles. The van der Waals surface area contributed by atoms with Crippen molar-refractivity contribution in [1.29, 1.82) is 0 Å². The Bertz CT molecular complexity index is 865. The minimum absolute atomic E-state index is 0.0225. The van der Waals surface area contributed by atoms with Gasteiger partial charge < -0.3 is 14.7 Å². The molecule has 2 heterocycles. The van der Waals surface area contributed by atoms with Crippen LogP contribution in [0.5, 0.6) is 0 Å². The molecule has 23 heavy (non-hydrogen) atoms. The zero-order valence-corrected chi connectivity index (χ0v) is 12.8. The van der Waals surface area contributed by atoms with E-state index in [4.69, 9.17) is 4.42 Å². The summed E-state index contributed by atoms with van der Waals surface area (Å²) >= 11 is 0. The van der Waals surface area contributed by atoms with Gasteiger partial charge in [0.15, 0.2) is 0 Å². The summed E-state index contributed by atoms with van der Waals surface area (Å²) in [6, 6.07) is 12.4. The van der Waals surface area contributed by atoms with E-state index in [1.54, 1.807) is 12.3 Å². The molecule has 0 saturated carbocycles. The van der Waals surface area contributed by atoms with Gasteiger partial charge in [-0.3, -0.25) is 9.59 Å². The fourth-order valence-electron chi connectivity index (χ4n) is 2.58. The third kappa shape index (κ3) is 3.51. The lowest BCUT2D eigenvalue weighted by molar-refractivity contribution is 0.0939. The number of fused-ring (bicyclic) bond motifs is 1. The van der Waals surface area contributed by atoms with Crippen LogP contribution in [-0.2, 0) is 6.42 Å². The molecular formula is C18H18N2O3. The molecule has 0 fully saturated rings. The van der Waals surface area contributed by atoms with Crippen LogP contribution < -0.4 is 10.9 Å². The van der Waals surface area contributed by atoms with Crippen molar-refractivity contribution >= 4 is 16.8 Å². The summed E-state index contributed by atoms with van der Waals surface area (Å²) in [5, 5.41) is 3.68. The topological polar surface area (TPSA) is 75.1 Å². The van der Waals surface area contributed by atoms with Crippen molar-refractivity contribution < 1.29 is 9.21 Å². The van der Waals surface area contributed by atoms with E-state index in [-0.39, 0.29) is 17.5 Å². The van der Waals surface area contributed by atoms with Crippen LogP contribution in [-0.4, -0.2) is 16.9 Å². The molecule has 0 saturated heterocycles. The summed E-state index contributed by atoms with van der Waals surface area (Å²) in [6.07, 6.45) is 3.16. The van der Waals surface area contributed by atoms with Gasteiger partial charge in [0, 0.05) is 29.4 Å². The van der Waals surface area contributed by atoms with Crippen LogP contribution in [0, 0.1) is 0 Å². The number of benzene rings is 1. The third-order valence-corrected chi connectivity index (χ3v) is 3.78. The smallest absolute Gasteiger partial charge is 0.252 e. The maximum atomic E-state index is 12.5. The van der Waals surface area contributed by atoms with Gasteiger partial charge in [-0.2, -0.15) is 0 Å². The molecule has 1 atom stereocenters. The monoisotopic (exact) mass is 310 g/mol. The lowest BCUT2D eigenvalue weighted by Crippen LogP contribution is -2.33. The lowest BCUT2D eigenvalue weighted by Gasteiger charge is -2.14. The van der Waals surface area contributed by atoms with Crippen LogP contribution in [0.1, 0.15) is 29.5 Å². The first-order chi connectivity index (χ1) is 11.1. The van der Waals surface area contributed by atoms with Gasteiger partial charge in [-0.25, -0.2) is 0 Å². The Morgan fingerprint density at radius 2 is 2.09 bits per heavy atom. The van der Waals surface area contributed by atoms with E-state index in [0.717, 1.165) is 24.0 Å². The second-order valence-corrected chi connectivity index (χ2v) is 5.59. The van der Waals surface area contributed by atoms with Crippen LogP contribution in [0.25, 0.3) is 10.9 Å². The fourth-order valence-corrected chi connectivity index (χ4v) is 2.58. The van der Waals surface area contributed by atoms with Gasteiger partial charge >= 0.3 is 0 Å². The number of carbonyl (C=O) groups excluding carboxylic acids is 1. The van der Waals surface area contributed by atoms with E-state index in [2.05, 4.69) is 10.3 Å². The number of amides is 1. The lowest BCUT2D eigenvalue weighted by atomic mass is 10.1. The van der Waals surface area contributed by atoms with Gasteiger partial charge in [0.2, 0.25) is 5.56 Å². The first-order valence-corrected chi connectivity index (χ1v) is 7.59. The van der Waals surface area contributed by atoms with E-state index < -0.39 is 0 Å². The van der Waals surface area contributed by atoms with Crippen molar-refractivity contribution in [2.24, 2.45) is 0 Å². The Morgan fingerprint density at radius 3 is 2.87 bits per heavy atom. The molecule has 2 N–H and O–H groups in total. The minimum Gasteiger partial charge on any atom is -0.469 e. The number of H-pyrrole nitrogens is 1. The van der Waals surface area contributed by atoms with Crippen molar-refractivity contribution in [3.8, 4) is 0 Å². The molecule has 3 aromatic rings. The number of para-hydroxylation sites is 1. The van der Waals surface area contributed by atoms with E-state index in [9.17, 15) is 9.59 Å². The fraction of sp³-hybridized carbons (Fsp3) is 0.222. The number of aryl methyl sites for hydroxylation is 1. The number of aromatic nitrogens is 1. The predicted octanol–water partition coefficient (Wildman–Crippen LogP) is 2.87. The van der Waals surface area contributed by atoms with Crippen molar-refractivity contribution in [2.45, 2.75) is 25.8 Å². The Balaban J connectivity index is 1.74. The highest BCUT2D eigenvalue weighted by atomic mass is 16.3. The highest BCUT2D eigenvalue weighted by Crippen LogP contribution is 2.15. The summed E-state index contributed by atoms with van der Waals surface area (Å²) in [5.74, 6) is 0.659. The molecule has 1 unspecified atom stereocenters. The number of carbonyl (C=O) groups is 1. The maximum Gasteiger partial charge on any atom is 0.252 e. The van der Waals surface area contributed by atoms with Crippen LogP contribution >= 0.6 is 0 Å². The molecule has 0 spiro atoms. The van der Waals surface area contributed by atoms with E-state index in [1.165, 1.54) is 6.07 Å². The molecule has 0 aliphatic rings. The average Bonchev–Trinajstić information content (AvgIpc) is 3.05. The van der Waals surface area contributed by atoms with Crippen molar-refractivity contribution in [1.82, 2.24) is 10.3 Å². The number of hydrogen-bond acceptors (Lipinski definition) is 3. The summed E-state index contributed by atoms with van der Waals surface area (Å²) in [5.41, 5.74) is 0.777. The van der Waals surface area contributed by atoms with Gasteiger partial charge in [0.25, 0.3) is 5.91 Å². The summed E-state index contributed by atoms with van der Waals surface area (Å²) in [6.45, 7) is 1.94. The van der Waals surface area contributed by atoms with Gasteiger partial charge in [0.05, 0.1) is 11.8 Å². The molecule has 0 aliphatic heterocycles. The van der Waals surface area contributed by atoms with E-state index in [0.29, 0.717) is 11.1 Å². The normalized spacial score (nSPS) is 12.2. The summed E-state index contributed by atoms with van der Waals surface area (Å²) in [4.78, 5) is 27.0. The highest BCUT2D eigenvalue weighted by molar-refractivity contribution is 6.06. The van der Waals surface area contributed by atoms with Crippen LogP contribution in [0.4, 0.5) is 0 Å². The third-order valence-electron chi connectivity index (χ3n) is 3.78. The van der Waals surface area contributed by atoms with Crippen LogP contribution in [0.2, 0.25) is 0 Å². The molecule has 5 nitrogen and oxygen atoms in total. The Hall–Kier alpha value is -2.82. The predicted molar refractivity (Wildman–Crippen MR) is 88.5 cm³/mol. The summed E-state index contributed by atoms with van der Waals surface area (Å²) in [7, 11) is 0. The Morgan fingerprint density at radius 1 is 1.26 bits per heavy atom. The molecule has 3 rings (SSSR count). The summed E-state index contributed by atoms with van der Waals surface area (Å²) < 4.78 is 5.29. The van der Waals surface area contributed by atoms with E-state index in [1.807, 2.05) is 37.3 Å². The van der Waals surface area contributed by atoms with Gasteiger partial charge in [-0.15, -0.1) is 0 Å². The average molecular weight is 310 g/mol. The van der Waals surface area contributed by atoms with Gasteiger partial charge in [0.1, 0.15) is 5.76 Å². The number of furan rings is 1. The molecule has 1 amide bonds. The van der Waals surface area contributed by atoms with Crippen LogP contribution in [0.3, 0.4) is 0 Å². The Kier molecular flexibility index (Phi) is 4.28. The first kappa shape index (κ1) is 15.1. The van der Waals surface area contributed by atoms with Crippen molar-refractivity contribution in [3.63, 3.8) is 0 Å². The highest BCUT2D eigenvalue weighted by Gasteiger charge is 2.14. The van der Waals surface area contributed by atoms with E-state index >= 15 is 0 Å². The number of rotatable bonds is 5. The maximum absolute atomic E-state index is 12.5. The first-order valence-electron chi connectivity index (χ1n) is 7.59. The van der Waals surface area contributed by atoms with Gasteiger partial charge in [-0.1, -0.05) is 18.2 Å². The number of hydrogen-bond donors (Lipinski definition) is 2. The molecular weight excluding hydrogens is 292 g/mol. The molecule has 0 bridgehead atoms. The zero-order chi connectivity index (χ0) is 16.2. The van der Waals surface area contributed by atoms with Crippen molar-refractivity contribution in [3.05, 3.63) is 70.4 Å². The standard InChI is InChI=1S/C18H18N2O3/c1-12(8-9-13-5-4-10-23-13)19-18(22)15-11-17(21)20-16-7-3-2-6-14(15)16/h2-7,10-12H,8-9H2,1H3,(H,19,22)(H,20,21). The number of pyridine rings is 1.